The van der Waals surface area contributed by atoms with Crippen molar-refractivity contribution in [2.75, 3.05) is 6.54 Å². The lowest BCUT2D eigenvalue weighted by Gasteiger charge is -2.19. The summed E-state index contributed by atoms with van der Waals surface area (Å²) in [7, 11) is 0. The highest BCUT2D eigenvalue weighted by Crippen LogP contribution is 2.26. The van der Waals surface area contributed by atoms with E-state index in [1.54, 1.807) is 0 Å². The first-order valence-electron chi connectivity index (χ1n) is 7.34. The van der Waals surface area contributed by atoms with E-state index in [4.69, 9.17) is 23.2 Å². The molecule has 0 aromatic heterocycles. The minimum atomic E-state index is 0.294. The van der Waals surface area contributed by atoms with Gasteiger partial charge in [-0.2, -0.15) is 0 Å². The van der Waals surface area contributed by atoms with Gasteiger partial charge in [-0.1, -0.05) is 66.0 Å². The van der Waals surface area contributed by atoms with Gasteiger partial charge in [0.25, 0.3) is 0 Å². The van der Waals surface area contributed by atoms with Gasteiger partial charge in [-0.3, -0.25) is 0 Å². The number of nitrogens with one attached hydrogen (secondary N) is 1. The Hall–Kier alpha value is -1.02. The molecule has 3 heteroatoms. The van der Waals surface area contributed by atoms with Gasteiger partial charge in [-0.05, 0) is 49.6 Å². The van der Waals surface area contributed by atoms with Gasteiger partial charge in [0.15, 0.2) is 0 Å². The van der Waals surface area contributed by atoms with Gasteiger partial charge in [0.2, 0.25) is 0 Å². The van der Waals surface area contributed by atoms with Crippen LogP contribution in [0, 0.1) is 6.92 Å². The van der Waals surface area contributed by atoms with Crippen molar-refractivity contribution in [2.45, 2.75) is 32.7 Å². The zero-order valence-corrected chi connectivity index (χ0v) is 14.0. The molecule has 0 saturated carbocycles. The van der Waals surface area contributed by atoms with Crippen LogP contribution < -0.4 is 5.32 Å². The van der Waals surface area contributed by atoms with Crippen LogP contribution >= 0.6 is 23.2 Å². The van der Waals surface area contributed by atoms with E-state index in [-0.39, 0.29) is 0 Å². The SMILES string of the molecule is CCCNC(Cc1ccc(Cl)c(Cl)c1)c1ccc(C)cc1. The molecule has 0 aliphatic rings. The van der Waals surface area contributed by atoms with Gasteiger partial charge < -0.3 is 5.32 Å². The lowest BCUT2D eigenvalue weighted by molar-refractivity contribution is 0.529. The summed E-state index contributed by atoms with van der Waals surface area (Å²) in [5.74, 6) is 0. The summed E-state index contributed by atoms with van der Waals surface area (Å²) >= 11 is 12.1. The predicted molar refractivity (Wildman–Crippen MR) is 92.4 cm³/mol. The fourth-order valence-corrected chi connectivity index (χ4v) is 2.65. The number of hydrogen-bond donors (Lipinski definition) is 1. The second-order valence-corrected chi connectivity index (χ2v) is 6.18. The summed E-state index contributed by atoms with van der Waals surface area (Å²) in [6.45, 7) is 5.29. The second kappa shape index (κ2) is 7.84. The summed E-state index contributed by atoms with van der Waals surface area (Å²) in [4.78, 5) is 0. The summed E-state index contributed by atoms with van der Waals surface area (Å²) in [6, 6.07) is 14.9. The number of hydrogen-bond acceptors (Lipinski definition) is 1. The molecule has 2 aromatic rings. The topological polar surface area (TPSA) is 12.0 Å². The molecule has 1 atom stereocenters. The van der Waals surface area contributed by atoms with Crippen LogP contribution in [0.5, 0.6) is 0 Å². The fourth-order valence-electron chi connectivity index (χ4n) is 2.33. The first kappa shape index (κ1) is 16.4. The van der Waals surface area contributed by atoms with Crippen molar-refractivity contribution >= 4 is 23.2 Å². The van der Waals surface area contributed by atoms with Crippen LogP contribution in [0.1, 0.15) is 36.1 Å². The number of aryl methyl sites for hydroxylation is 1. The van der Waals surface area contributed by atoms with E-state index in [1.165, 1.54) is 16.7 Å². The van der Waals surface area contributed by atoms with Crippen LogP contribution in [0.2, 0.25) is 10.0 Å². The Bertz CT molecular complexity index is 578. The van der Waals surface area contributed by atoms with E-state index in [0.29, 0.717) is 16.1 Å². The Kier molecular flexibility index (Phi) is 6.10. The van der Waals surface area contributed by atoms with E-state index in [0.717, 1.165) is 19.4 Å². The molecule has 0 heterocycles. The molecule has 2 aromatic carbocycles. The maximum atomic E-state index is 6.12. The molecule has 0 saturated heterocycles. The number of rotatable bonds is 6. The second-order valence-electron chi connectivity index (χ2n) is 5.37. The Balaban J connectivity index is 2.19. The molecule has 1 N–H and O–H groups in total. The summed E-state index contributed by atoms with van der Waals surface area (Å²) in [5.41, 5.74) is 3.78. The number of halogens is 2. The third-order valence-electron chi connectivity index (χ3n) is 3.54. The highest BCUT2D eigenvalue weighted by molar-refractivity contribution is 6.42. The van der Waals surface area contributed by atoms with Crippen LogP contribution in [0.15, 0.2) is 42.5 Å². The summed E-state index contributed by atoms with van der Waals surface area (Å²) in [5, 5.41) is 4.83. The zero-order chi connectivity index (χ0) is 15.2. The predicted octanol–water partition coefficient (Wildman–Crippen LogP) is 5.59. The summed E-state index contributed by atoms with van der Waals surface area (Å²) < 4.78 is 0. The maximum absolute atomic E-state index is 6.12. The monoisotopic (exact) mass is 321 g/mol. The third kappa shape index (κ3) is 4.74. The lowest BCUT2D eigenvalue weighted by Crippen LogP contribution is -2.24. The minimum Gasteiger partial charge on any atom is -0.310 e. The van der Waals surface area contributed by atoms with E-state index < -0.39 is 0 Å². The number of benzene rings is 2. The Morgan fingerprint density at radius 3 is 2.33 bits per heavy atom. The van der Waals surface area contributed by atoms with Crippen molar-refractivity contribution in [1.29, 1.82) is 0 Å². The molecule has 0 amide bonds. The molecule has 0 bridgehead atoms. The van der Waals surface area contributed by atoms with Crippen molar-refractivity contribution in [2.24, 2.45) is 0 Å². The van der Waals surface area contributed by atoms with Crippen LogP contribution in [0.4, 0.5) is 0 Å². The molecule has 21 heavy (non-hydrogen) atoms. The van der Waals surface area contributed by atoms with Gasteiger partial charge in [0.05, 0.1) is 10.0 Å². The van der Waals surface area contributed by atoms with Crippen LogP contribution in [0.3, 0.4) is 0 Å². The molecule has 1 unspecified atom stereocenters. The average Bonchev–Trinajstić information content (AvgIpc) is 2.48. The van der Waals surface area contributed by atoms with Gasteiger partial charge in [0.1, 0.15) is 0 Å². The highest BCUT2D eigenvalue weighted by atomic mass is 35.5. The maximum Gasteiger partial charge on any atom is 0.0595 e. The van der Waals surface area contributed by atoms with Crippen molar-refractivity contribution in [1.82, 2.24) is 5.32 Å². The van der Waals surface area contributed by atoms with Gasteiger partial charge in [-0.15, -0.1) is 0 Å². The molecular weight excluding hydrogens is 301 g/mol. The molecule has 2 rings (SSSR count). The Morgan fingerprint density at radius 1 is 1.00 bits per heavy atom. The van der Waals surface area contributed by atoms with Crippen LogP contribution in [-0.2, 0) is 6.42 Å². The standard InChI is InChI=1S/C18H21Cl2N/c1-3-10-21-18(15-7-4-13(2)5-8-15)12-14-6-9-16(19)17(20)11-14/h4-9,11,18,21H,3,10,12H2,1-2H3. The largest absolute Gasteiger partial charge is 0.310 e. The molecule has 0 spiro atoms. The molecule has 0 aliphatic carbocycles. The van der Waals surface area contributed by atoms with Gasteiger partial charge >= 0.3 is 0 Å². The Labute approximate surface area is 137 Å². The van der Waals surface area contributed by atoms with E-state index in [1.807, 2.05) is 18.2 Å². The molecular formula is C18H21Cl2N. The summed E-state index contributed by atoms with van der Waals surface area (Å²) in [6.07, 6.45) is 2.02. The quantitative estimate of drug-likeness (QED) is 0.731. The zero-order valence-electron chi connectivity index (χ0n) is 12.5. The van der Waals surface area contributed by atoms with E-state index in [2.05, 4.69) is 43.4 Å². The lowest BCUT2D eigenvalue weighted by atomic mass is 9.98. The van der Waals surface area contributed by atoms with E-state index >= 15 is 0 Å². The molecule has 1 nitrogen and oxygen atoms in total. The minimum absolute atomic E-state index is 0.294. The highest BCUT2D eigenvalue weighted by Gasteiger charge is 2.12. The molecule has 0 radical (unpaired) electrons. The van der Waals surface area contributed by atoms with Crippen molar-refractivity contribution in [3.05, 3.63) is 69.2 Å². The normalized spacial score (nSPS) is 12.4. The first-order chi connectivity index (χ1) is 10.1. The van der Waals surface area contributed by atoms with Crippen LogP contribution in [-0.4, -0.2) is 6.54 Å². The van der Waals surface area contributed by atoms with Crippen molar-refractivity contribution < 1.29 is 0 Å². The van der Waals surface area contributed by atoms with Gasteiger partial charge in [-0.25, -0.2) is 0 Å². The Morgan fingerprint density at radius 2 is 1.71 bits per heavy atom. The van der Waals surface area contributed by atoms with E-state index in [9.17, 15) is 0 Å². The fraction of sp³-hybridized carbons (Fsp3) is 0.333. The van der Waals surface area contributed by atoms with Crippen LogP contribution in [0.25, 0.3) is 0 Å². The molecule has 0 fully saturated rings. The van der Waals surface area contributed by atoms with Gasteiger partial charge in [0, 0.05) is 6.04 Å². The average molecular weight is 322 g/mol. The molecule has 112 valence electrons. The first-order valence-corrected chi connectivity index (χ1v) is 8.09. The smallest absolute Gasteiger partial charge is 0.0595 e. The third-order valence-corrected chi connectivity index (χ3v) is 4.28. The van der Waals surface area contributed by atoms with Crippen molar-refractivity contribution in [3.63, 3.8) is 0 Å². The van der Waals surface area contributed by atoms with Crippen molar-refractivity contribution in [3.8, 4) is 0 Å². The molecule has 0 aliphatic heterocycles.